The van der Waals surface area contributed by atoms with E-state index >= 15 is 0 Å². The fourth-order valence-corrected chi connectivity index (χ4v) is 1.87. The van der Waals surface area contributed by atoms with E-state index in [1.165, 1.54) is 0 Å². The summed E-state index contributed by atoms with van der Waals surface area (Å²) < 4.78 is 0. The summed E-state index contributed by atoms with van der Waals surface area (Å²) >= 11 is 0. The number of aromatic nitrogens is 1. The van der Waals surface area contributed by atoms with Gasteiger partial charge in [0.25, 0.3) is 0 Å². The number of carbonyl (C=O) groups excluding carboxylic acids is 1. The summed E-state index contributed by atoms with van der Waals surface area (Å²) in [6.45, 7) is 2.96. The first-order chi connectivity index (χ1) is 7.27. The summed E-state index contributed by atoms with van der Waals surface area (Å²) in [5.74, 6) is 0.750. The Bertz CT molecular complexity index is 339. The maximum atomic E-state index is 11.8. The van der Waals surface area contributed by atoms with Gasteiger partial charge in [-0.2, -0.15) is 0 Å². The topological polar surface area (TPSA) is 54.0 Å². The molecule has 0 bridgehead atoms. The van der Waals surface area contributed by atoms with Gasteiger partial charge < -0.3 is 10.6 Å². The van der Waals surface area contributed by atoms with Gasteiger partial charge in [-0.3, -0.25) is 4.79 Å². The molecular formula is C11H15N3O. The molecular weight excluding hydrogens is 190 g/mol. The predicted molar refractivity (Wildman–Crippen MR) is 58.4 cm³/mol. The first-order valence-electron chi connectivity index (χ1n) is 5.22. The molecule has 0 saturated carbocycles. The van der Waals surface area contributed by atoms with E-state index < -0.39 is 0 Å². The summed E-state index contributed by atoms with van der Waals surface area (Å²) in [6.07, 6.45) is 2.58. The Morgan fingerprint density at radius 2 is 2.47 bits per heavy atom. The maximum Gasteiger partial charge on any atom is 0.230 e. The molecule has 1 aromatic rings. The standard InChI is InChI=1S/C11H15N3O/c1-8-9(5-7-12-8)11(15)14-10-4-2-3-6-13-10/h2-4,6,8-9,12H,5,7H2,1H3,(H,13,14,15). The van der Waals surface area contributed by atoms with Gasteiger partial charge in [-0.15, -0.1) is 0 Å². The molecule has 1 amide bonds. The summed E-state index contributed by atoms with van der Waals surface area (Å²) in [7, 11) is 0. The smallest absolute Gasteiger partial charge is 0.230 e. The SMILES string of the molecule is CC1NCCC1C(=O)Nc1ccccn1. The molecule has 4 nitrogen and oxygen atoms in total. The minimum absolute atomic E-state index is 0.0613. The normalized spacial score (nSPS) is 25.1. The Hall–Kier alpha value is -1.42. The number of anilines is 1. The molecule has 2 unspecified atom stereocenters. The van der Waals surface area contributed by atoms with Crippen LogP contribution in [0, 0.1) is 5.92 Å². The van der Waals surface area contributed by atoms with E-state index in [1.54, 1.807) is 12.3 Å². The van der Waals surface area contributed by atoms with Crippen LogP contribution in [0.25, 0.3) is 0 Å². The van der Waals surface area contributed by atoms with E-state index in [2.05, 4.69) is 15.6 Å². The lowest BCUT2D eigenvalue weighted by atomic mass is 10.0. The van der Waals surface area contributed by atoms with Crippen LogP contribution in [0.3, 0.4) is 0 Å². The molecule has 0 aromatic carbocycles. The van der Waals surface area contributed by atoms with Crippen LogP contribution in [0.15, 0.2) is 24.4 Å². The second kappa shape index (κ2) is 4.40. The molecule has 2 heterocycles. The third kappa shape index (κ3) is 2.33. The highest BCUT2D eigenvalue weighted by atomic mass is 16.2. The van der Waals surface area contributed by atoms with Crippen molar-refractivity contribution >= 4 is 11.7 Å². The molecule has 1 saturated heterocycles. The number of carbonyl (C=O) groups is 1. The van der Waals surface area contributed by atoms with E-state index in [1.807, 2.05) is 19.1 Å². The quantitative estimate of drug-likeness (QED) is 0.758. The van der Waals surface area contributed by atoms with Crippen molar-refractivity contribution < 1.29 is 4.79 Å². The molecule has 2 rings (SSSR count). The van der Waals surface area contributed by atoms with Crippen molar-refractivity contribution in [2.45, 2.75) is 19.4 Å². The number of pyridine rings is 1. The van der Waals surface area contributed by atoms with Crippen LogP contribution in [0.4, 0.5) is 5.82 Å². The molecule has 1 aromatic heterocycles. The van der Waals surface area contributed by atoms with Crippen molar-refractivity contribution in [1.82, 2.24) is 10.3 Å². The van der Waals surface area contributed by atoms with Gasteiger partial charge in [-0.1, -0.05) is 6.07 Å². The Morgan fingerprint density at radius 3 is 3.07 bits per heavy atom. The van der Waals surface area contributed by atoms with Gasteiger partial charge in [-0.25, -0.2) is 4.98 Å². The highest BCUT2D eigenvalue weighted by Crippen LogP contribution is 2.16. The zero-order chi connectivity index (χ0) is 10.7. The number of nitrogens with zero attached hydrogens (tertiary/aromatic N) is 1. The summed E-state index contributed by atoms with van der Waals surface area (Å²) in [5, 5.41) is 6.08. The maximum absolute atomic E-state index is 11.8. The lowest BCUT2D eigenvalue weighted by molar-refractivity contribution is -0.120. The molecule has 0 radical (unpaired) electrons. The average Bonchev–Trinajstić information content (AvgIpc) is 2.66. The van der Waals surface area contributed by atoms with E-state index in [0.29, 0.717) is 5.82 Å². The monoisotopic (exact) mass is 205 g/mol. The molecule has 2 atom stereocenters. The highest BCUT2D eigenvalue weighted by Gasteiger charge is 2.29. The van der Waals surface area contributed by atoms with Crippen LogP contribution in [0.5, 0.6) is 0 Å². The third-order valence-electron chi connectivity index (χ3n) is 2.78. The van der Waals surface area contributed by atoms with E-state index in [4.69, 9.17) is 0 Å². The molecule has 80 valence electrons. The Labute approximate surface area is 89.1 Å². The van der Waals surface area contributed by atoms with Crippen molar-refractivity contribution in [3.8, 4) is 0 Å². The first-order valence-corrected chi connectivity index (χ1v) is 5.22. The van der Waals surface area contributed by atoms with E-state index in [9.17, 15) is 4.79 Å². The highest BCUT2D eigenvalue weighted by molar-refractivity contribution is 5.92. The molecule has 1 fully saturated rings. The number of hydrogen-bond donors (Lipinski definition) is 2. The zero-order valence-electron chi connectivity index (χ0n) is 8.73. The van der Waals surface area contributed by atoms with Crippen molar-refractivity contribution in [2.75, 3.05) is 11.9 Å². The number of amides is 1. The van der Waals surface area contributed by atoms with Crippen molar-refractivity contribution in [1.29, 1.82) is 0 Å². The minimum Gasteiger partial charge on any atom is -0.313 e. The van der Waals surface area contributed by atoms with Gasteiger partial charge in [0.1, 0.15) is 5.82 Å². The average molecular weight is 205 g/mol. The zero-order valence-corrected chi connectivity index (χ0v) is 8.73. The van der Waals surface area contributed by atoms with E-state index in [-0.39, 0.29) is 17.9 Å². The third-order valence-corrected chi connectivity index (χ3v) is 2.78. The summed E-state index contributed by atoms with van der Waals surface area (Å²) in [4.78, 5) is 15.9. The largest absolute Gasteiger partial charge is 0.313 e. The fourth-order valence-electron chi connectivity index (χ4n) is 1.87. The van der Waals surface area contributed by atoms with Crippen molar-refractivity contribution in [3.63, 3.8) is 0 Å². The van der Waals surface area contributed by atoms with Crippen molar-refractivity contribution in [3.05, 3.63) is 24.4 Å². The van der Waals surface area contributed by atoms with Crippen LogP contribution < -0.4 is 10.6 Å². The van der Waals surface area contributed by atoms with Gasteiger partial charge in [0, 0.05) is 12.2 Å². The van der Waals surface area contributed by atoms with Gasteiger partial charge >= 0.3 is 0 Å². The number of hydrogen-bond acceptors (Lipinski definition) is 3. The second-order valence-corrected chi connectivity index (χ2v) is 3.84. The van der Waals surface area contributed by atoms with Crippen LogP contribution >= 0.6 is 0 Å². The lowest BCUT2D eigenvalue weighted by Crippen LogP contribution is -2.32. The fraction of sp³-hybridized carbons (Fsp3) is 0.455. The van der Waals surface area contributed by atoms with Crippen LogP contribution in [-0.4, -0.2) is 23.5 Å². The summed E-state index contributed by atoms with van der Waals surface area (Å²) in [6, 6.07) is 5.74. The molecule has 1 aliphatic rings. The number of nitrogens with one attached hydrogen (secondary N) is 2. The van der Waals surface area contributed by atoms with Gasteiger partial charge in [0.15, 0.2) is 0 Å². The first kappa shape index (κ1) is 10.1. The molecule has 4 heteroatoms. The predicted octanol–water partition coefficient (Wildman–Crippen LogP) is 1.02. The molecule has 0 aliphatic carbocycles. The van der Waals surface area contributed by atoms with E-state index in [0.717, 1.165) is 13.0 Å². The van der Waals surface area contributed by atoms with Crippen LogP contribution in [0.2, 0.25) is 0 Å². The molecule has 0 spiro atoms. The molecule has 15 heavy (non-hydrogen) atoms. The van der Waals surface area contributed by atoms with Crippen LogP contribution in [0.1, 0.15) is 13.3 Å². The lowest BCUT2D eigenvalue weighted by Gasteiger charge is -2.14. The van der Waals surface area contributed by atoms with Gasteiger partial charge in [-0.05, 0) is 32.0 Å². The van der Waals surface area contributed by atoms with Crippen LogP contribution in [-0.2, 0) is 4.79 Å². The Balaban J connectivity index is 1.98. The molecule has 2 N–H and O–H groups in total. The number of rotatable bonds is 2. The Morgan fingerprint density at radius 1 is 1.60 bits per heavy atom. The van der Waals surface area contributed by atoms with Gasteiger partial charge in [0.05, 0.1) is 5.92 Å². The second-order valence-electron chi connectivity index (χ2n) is 3.84. The van der Waals surface area contributed by atoms with Gasteiger partial charge in [0.2, 0.25) is 5.91 Å². The summed E-state index contributed by atoms with van der Waals surface area (Å²) in [5.41, 5.74) is 0. The molecule has 1 aliphatic heterocycles. The Kier molecular flexibility index (Phi) is 2.97. The minimum atomic E-state index is 0.0613. The van der Waals surface area contributed by atoms with Crippen molar-refractivity contribution in [2.24, 2.45) is 5.92 Å².